The Labute approximate surface area is 152 Å². The molecule has 0 saturated heterocycles. The molecule has 126 valence electrons. The molecular weight excluding hydrogens is 348 g/mol. The Bertz CT molecular complexity index is 1210. The molecule has 2 aromatic heterocycles. The summed E-state index contributed by atoms with van der Waals surface area (Å²) in [6.07, 6.45) is 0. The Hall–Kier alpha value is -3.19. The molecule has 2 aromatic carbocycles. The van der Waals surface area contributed by atoms with Gasteiger partial charge in [0.05, 0.1) is 5.71 Å². The van der Waals surface area contributed by atoms with Gasteiger partial charge in [-0.25, -0.2) is 4.79 Å². The molecule has 0 radical (unpaired) electrons. The van der Waals surface area contributed by atoms with Crippen LogP contribution < -0.4 is 5.63 Å². The van der Waals surface area contributed by atoms with Gasteiger partial charge in [0.25, 0.3) is 0 Å². The summed E-state index contributed by atoms with van der Waals surface area (Å²) in [6.45, 7) is 0. The number of hydrogen-bond donors (Lipinski definition) is 0. The highest BCUT2D eigenvalue weighted by Crippen LogP contribution is 2.28. The molecule has 7 heteroatoms. The predicted octanol–water partition coefficient (Wildman–Crippen LogP) is 3.41. The van der Waals surface area contributed by atoms with Crippen molar-refractivity contribution < 1.29 is 4.42 Å². The largest absolute Gasteiger partial charge is 0.422 e. The second kappa shape index (κ2) is 5.96. The normalized spacial score (nSPS) is 13.5. The Balaban J connectivity index is 1.68. The number of aromatic nitrogens is 3. The van der Waals surface area contributed by atoms with Crippen molar-refractivity contribution >= 4 is 28.4 Å². The van der Waals surface area contributed by atoms with Crippen molar-refractivity contribution in [2.45, 2.75) is 5.16 Å². The Morgan fingerprint density at radius 2 is 1.81 bits per heavy atom. The molecule has 1 aliphatic rings. The summed E-state index contributed by atoms with van der Waals surface area (Å²) in [5, 5.41) is 14.5. The van der Waals surface area contributed by atoms with E-state index in [4.69, 9.17) is 4.42 Å². The maximum atomic E-state index is 12.5. The van der Waals surface area contributed by atoms with Crippen LogP contribution in [-0.2, 0) is 0 Å². The number of hydrogen-bond acceptors (Lipinski definition) is 6. The third-order valence-electron chi connectivity index (χ3n) is 4.16. The quantitative estimate of drug-likeness (QED) is 0.512. The van der Waals surface area contributed by atoms with E-state index in [0.29, 0.717) is 27.9 Å². The van der Waals surface area contributed by atoms with Crippen molar-refractivity contribution in [2.24, 2.45) is 5.10 Å². The van der Waals surface area contributed by atoms with Crippen LogP contribution in [0.5, 0.6) is 0 Å². The Morgan fingerprint density at radius 3 is 2.69 bits per heavy atom. The van der Waals surface area contributed by atoms with Crippen LogP contribution in [0.3, 0.4) is 0 Å². The van der Waals surface area contributed by atoms with Crippen LogP contribution in [0.2, 0.25) is 0 Å². The molecule has 1 aliphatic heterocycles. The monoisotopic (exact) mass is 360 g/mol. The minimum absolute atomic E-state index is 0.348. The molecule has 4 aromatic rings. The topological polar surface area (TPSA) is 73.3 Å². The first-order valence-corrected chi connectivity index (χ1v) is 9.03. The summed E-state index contributed by atoms with van der Waals surface area (Å²) in [5.74, 6) is 1.09. The van der Waals surface area contributed by atoms with E-state index in [-0.39, 0.29) is 0 Å². The van der Waals surface area contributed by atoms with Gasteiger partial charge in [-0.05, 0) is 17.7 Å². The van der Waals surface area contributed by atoms with Crippen LogP contribution in [0, 0.1) is 0 Å². The maximum Gasteiger partial charge on any atom is 0.347 e. The zero-order valence-corrected chi connectivity index (χ0v) is 14.3. The van der Waals surface area contributed by atoms with Gasteiger partial charge in [-0.3, -0.25) is 0 Å². The van der Waals surface area contributed by atoms with Crippen LogP contribution in [0.15, 0.2) is 80.1 Å². The average molecular weight is 360 g/mol. The average Bonchev–Trinajstić information content (AvgIpc) is 3.11. The Kier molecular flexibility index (Phi) is 3.46. The molecule has 0 amide bonds. The molecule has 26 heavy (non-hydrogen) atoms. The summed E-state index contributed by atoms with van der Waals surface area (Å²) < 4.78 is 7.05. The molecule has 0 aliphatic carbocycles. The Morgan fingerprint density at radius 1 is 1.00 bits per heavy atom. The van der Waals surface area contributed by atoms with Crippen LogP contribution in [-0.4, -0.2) is 26.3 Å². The van der Waals surface area contributed by atoms with Gasteiger partial charge in [0.15, 0.2) is 5.82 Å². The lowest BCUT2D eigenvalue weighted by Gasteiger charge is -2.13. The van der Waals surface area contributed by atoms with Crippen LogP contribution in [0.25, 0.3) is 22.4 Å². The number of fused-ring (bicyclic) bond motifs is 2. The van der Waals surface area contributed by atoms with Crippen molar-refractivity contribution in [3.05, 3.63) is 76.6 Å². The first-order chi connectivity index (χ1) is 12.8. The second-order valence-electron chi connectivity index (χ2n) is 5.80. The second-order valence-corrected chi connectivity index (χ2v) is 6.75. The van der Waals surface area contributed by atoms with E-state index in [9.17, 15) is 4.79 Å². The van der Waals surface area contributed by atoms with Crippen LogP contribution in [0.1, 0.15) is 5.56 Å². The van der Waals surface area contributed by atoms with Crippen molar-refractivity contribution in [1.82, 2.24) is 14.9 Å². The van der Waals surface area contributed by atoms with E-state index < -0.39 is 5.63 Å². The molecule has 0 atom stereocenters. The number of benzene rings is 2. The van der Waals surface area contributed by atoms with E-state index in [0.717, 1.165) is 16.7 Å². The van der Waals surface area contributed by atoms with Crippen LogP contribution in [0.4, 0.5) is 0 Å². The molecule has 0 saturated carbocycles. The minimum Gasteiger partial charge on any atom is -0.422 e. The van der Waals surface area contributed by atoms with Gasteiger partial charge in [0.2, 0.25) is 5.16 Å². The lowest BCUT2D eigenvalue weighted by molar-refractivity contribution is 0.562. The number of rotatable bonds is 2. The smallest absolute Gasteiger partial charge is 0.347 e. The standard InChI is InChI=1S/C19H12N4O2S/c24-18-14(10-13-8-4-5-9-16(13)25-18)17-20-21-19-23(17)22-15(11-26-19)12-6-2-1-3-7-12/h1-10H,11H2. The van der Waals surface area contributed by atoms with Gasteiger partial charge in [0.1, 0.15) is 11.1 Å². The molecular formula is C19H12N4O2S. The summed E-state index contributed by atoms with van der Waals surface area (Å²) >= 11 is 1.54. The number of para-hydroxylation sites is 1. The van der Waals surface area contributed by atoms with Crippen LogP contribution >= 0.6 is 11.8 Å². The van der Waals surface area contributed by atoms with E-state index in [1.165, 1.54) is 0 Å². The minimum atomic E-state index is -0.453. The first-order valence-electron chi connectivity index (χ1n) is 8.04. The molecule has 3 heterocycles. The highest BCUT2D eigenvalue weighted by Gasteiger charge is 2.23. The van der Waals surface area contributed by atoms with E-state index in [2.05, 4.69) is 15.3 Å². The van der Waals surface area contributed by atoms with Crippen molar-refractivity contribution in [2.75, 3.05) is 5.75 Å². The molecule has 0 bridgehead atoms. The fourth-order valence-electron chi connectivity index (χ4n) is 2.89. The molecule has 0 unspecified atom stereocenters. The molecule has 6 nitrogen and oxygen atoms in total. The van der Waals surface area contributed by atoms with Gasteiger partial charge >= 0.3 is 5.63 Å². The summed E-state index contributed by atoms with van der Waals surface area (Å²) in [5.41, 5.74) is 2.39. The fourth-order valence-corrected chi connectivity index (χ4v) is 3.72. The first kappa shape index (κ1) is 15.1. The highest BCUT2D eigenvalue weighted by molar-refractivity contribution is 7.99. The summed E-state index contributed by atoms with van der Waals surface area (Å²) in [7, 11) is 0. The number of nitrogens with zero attached hydrogens (tertiary/aromatic N) is 4. The van der Waals surface area contributed by atoms with Gasteiger partial charge < -0.3 is 4.42 Å². The van der Waals surface area contributed by atoms with E-state index in [1.807, 2.05) is 48.5 Å². The zero-order chi connectivity index (χ0) is 17.5. The van der Waals surface area contributed by atoms with Crippen molar-refractivity contribution in [3.63, 3.8) is 0 Å². The van der Waals surface area contributed by atoms with Gasteiger partial charge in [-0.2, -0.15) is 9.78 Å². The van der Waals surface area contributed by atoms with E-state index >= 15 is 0 Å². The van der Waals surface area contributed by atoms with Crippen molar-refractivity contribution in [1.29, 1.82) is 0 Å². The molecule has 0 spiro atoms. The van der Waals surface area contributed by atoms with E-state index in [1.54, 1.807) is 28.6 Å². The molecule has 0 N–H and O–H groups in total. The lowest BCUT2D eigenvalue weighted by atomic mass is 10.1. The maximum absolute atomic E-state index is 12.5. The SMILES string of the molecule is O=c1oc2ccccc2cc1-c1nnc2n1N=C(c1ccccc1)CS2. The third-order valence-corrected chi connectivity index (χ3v) is 5.09. The third kappa shape index (κ3) is 2.44. The molecule has 0 fully saturated rings. The van der Waals surface area contributed by atoms with Gasteiger partial charge in [-0.15, -0.1) is 10.2 Å². The zero-order valence-electron chi connectivity index (χ0n) is 13.5. The number of thioether (sulfide) groups is 1. The molecule has 5 rings (SSSR count). The van der Waals surface area contributed by atoms with Crippen molar-refractivity contribution in [3.8, 4) is 11.4 Å². The summed E-state index contributed by atoms with van der Waals surface area (Å²) in [6, 6.07) is 19.1. The fraction of sp³-hybridized carbons (Fsp3) is 0.0526. The predicted molar refractivity (Wildman–Crippen MR) is 101 cm³/mol. The van der Waals surface area contributed by atoms with Gasteiger partial charge in [-0.1, -0.05) is 60.3 Å². The summed E-state index contributed by atoms with van der Waals surface area (Å²) in [4.78, 5) is 12.5. The highest BCUT2D eigenvalue weighted by atomic mass is 32.2. The van der Waals surface area contributed by atoms with Gasteiger partial charge in [0, 0.05) is 11.1 Å². The lowest BCUT2D eigenvalue weighted by Crippen LogP contribution is -2.15.